The molecule has 1 atom stereocenters. The first kappa shape index (κ1) is 10.1. The van der Waals surface area contributed by atoms with Crippen molar-refractivity contribution in [1.29, 1.82) is 0 Å². The third-order valence-electron chi connectivity index (χ3n) is 1.81. The smallest absolute Gasteiger partial charge is 0.161 e. The van der Waals surface area contributed by atoms with Crippen molar-refractivity contribution in [2.24, 2.45) is 5.11 Å². The van der Waals surface area contributed by atoms with E-state index < -0.39 is 7.38 Å². The topological polar surface area (TPSA) is 48.8 Å². The molecular formula is C8H10ClN3Si. The minimum Gasteiger partial charge on any atom is -0.161 e. The lowest BCUT2D eigenvalue weighted by molar-refractivity contribution is 1.28. The number of nitrogens with zero attached hydrogens (tertiary/aromatic N) is 3. The quantitative estimate of drug-likeness (QED) is 0.243. The van der Waals surface area contributed by atoms with Gasteiger partial charge in [0.05, 0.1) is 0 Å². The Morgan fingerprint density at radius 3 is 2.62 bits per heavy atom. The van der Waals surface area contributed by atoms with Gasteiger partial charge in [0.15, 0.2) is 7.38 Å². The van der Waals surface area contributed by atoms with Crippen molar-refractivity contribution < 1.29 is 0 Å². The fourth-order valence-electron chi connectivity index (χ4n) is 1.04. The molecule has 0 spiro atoms. The van der Waals surface area contributed by atoms with Crippen molar-refractivity contribution in [3.63, 3.8) is 0 Å². The lowest BCUT2D eigenvalue weighted by Crippen LogP contribution is -2.42. The van der Waals surface area contributed by atoms with Crippen LogP contribution in [0.25, 0.3) is 10.4 Å². The van der Waals surface area contributed by atoms with E-state index in [-0.39, 0.29) is 0 Å². The Balaban J connectivity index is 2.87. The first-order chi connectivity index (χ1) is 6.17. The van der Waals surface area contributed by atoms with Gasteiger partial charge in [0, 0.05) is 11.1 Å². The summed E-state index contributed by atoms with van der Waals surface area (Å²) in [5.41, 5.74) is 8.20. The van der Waals surface area contributed by atoms with Crippen LogP contribution in [-0.4, -0.2) is 13.6 Å². The van der Waals surface area contributed by atoms with E-state index in [2.05, 4.69) is 10.0 Å². The van der Waals surface area contributed by atoms with Crippen LogP contribution in [0.1, 0.15) is 0 Å². The van der Waals surface area contributed by atoms with Crippen molar-refractivity contribution in [1.82, 2.24) is 0 Å². The Morgan fingerprint density at radius 2 is 2.08 bits per heavy atom. The van der Waals surface area contributed by atoms with Crippen LogP contribution in [0.15, 0.2) is 35.4 Å². The fraction of sp³-hybridized carbons (Fsp3) is 0.250. The molecule has 0 amide bonds. The lowest BCUT2D eigenvalue weighted by atomic mass is 10.4. The maximum Gasteiger partial charge on any atom is 0.189 e. The van der Waals surface area contributed by atoms with Gasteiger partial charge in [0.1, 0.15) is 0 Å². The maximum atomic E-state index is 8.20. The summed E-state index contributed by atoms with van der Waals surface area (Å²) in [5.74, 6) is 0. The van der Waals surface area contributed by atoms with Crippen LogP contribution in [0, 0.1) is 0 Å². The molecule has 0 saturated heterocycles. The molecule has 0 N–H and O–H groups in total. The molecule has 0 bridgehead atoms. The largest absolute Gasteiger partial charge is 0.189 e. The van der Waals surface area contributed by atoms with E-state index in [1.54, 1.807) is 0 Å². The van der Waals surface area contributed by atoms with E-state index in [9.17, 15) is 0 Å². The zero-order valence-electron chi connectivity index (χ0n) is 7.31. The number of hydrogen-bond acceptors (Lipinski definition) is 1. The maximum absolute atomic E-state index is 8.20. The second-order valence-electron chi connectivity index (χ2n) is 2.95. The van der Waals surface area contributed by atoms with Crippen LogP contribution >= 0.6 is 11.1 Å². The highest BCUT2D eigenvalue weighted by Gasteiger charge is 2.25. The van der Waals surface area contributed by atoms with Crippen molar-refractivity contribution in [3.05, 3.63) is 40.8 Å². The van der Waals surface area contributed by atoms with Crippen molar-refractivity contribution in [3.8, 4) is 0 Å². The molecule has 0 aromatic heterocycles. The van der Waals surface area contributed by atoms with E-state index in [4.69, 9.17) is 16.6 Å². The summed E-state index contributed by atoms with van der Waals surface area (Å²) >= 11 is 6.31. The van der Waals surface area contributed by atoms with Gasteiger partial charge >= 0.3 is 0 Å². The zero-order valence-corrected chi connectivity index (χ0v) is 9.07. The van der Waals surface area contributed by atoms with E-state index in [0.29, 0.717) is 6.17 Å². The Hall–Kier alpha value is -0.963. The van der Waals surface area contributed by atoms with E-state index >= 15 is 0 Å². The Kier molecular flexibility index (Phi) is 3.37. The molecule has 1 unspecified atom stereocenters. The van der Waals surface area contributed by atoms with Crippen LogP contribution in [-0.2, 0) is 0 Å². The summed E-state index contributed by atoms with van der Waals surface area (Å²) in [6.07, 6.45) is 0.398. The Bertz CT molecular complexity index is 319. The minimum atomic E-state index is -2.05. The number of benzene rings is 1. The first-order valence-electron chi connectivity index (χ1n) is 3.92. The second kappa shape index (κ2) is 4.32. The summed E-state index contributed by atoms with van der Waals surface area (Å²) in [4.78, 5) is 2.72. The van der Waals surface area contributed by atoms with Crippen LogP contribution in [0.5, 0.6) is 0 Å². The van der Waals surface area contributed by atoms with Gasteiger partial charge in [-0.1, -0.05) is 42.0 Å². The van der Waals surface area contributed by atoms with Crippen molar-refractivity contribution in [2.45, 2.75) is 6.55 Å². The third kappa shape index (κ3) is 2.77. The average molecular weight is 212 g/mol. The summed E-state index contributed by atoms with van der Waals surface area (Å²) in [6.45, 7) is 1.97. The van der Waals surface area contributed by atoms with Gasteiger partial charge in [-0.05, 0) is 10.7 Å². The van der Waals surface area contributed by atoms with Gasteiger partial charge in [-0.25, -0.2) is 0 Å². The third-order valence-corrected chi connectivity index (χ3v) is 5.09. The van der Waals surface area contributed by atoms with Crippen LogP contribution in [0.4, 0.5) is 0 Å². The fourth-order valence-corrected chi connectivity index (χ4v) is 2.98. The average Bonchev–Trinajstić information content (AvgIpc) is 2.16. The molecule has 68 valence electrons. The van der Waals surface area contributed by atoms with Gasteiger partial charge in [0.2, 0.25) is 0 Å². The molecule has 1 aromatic rings. The first-order valence-corrected chi connectivity index (χ1v) is 7.64. The van der Waals surface area contributed by atoms with Crippen molar-refractivity contribution >= 4 is 23.6 Å². The van der Waals surface area contributed by atoms with Crippen LogP contribution in [0.2, 0.25) is 6.55 Å². The Morgan fingerprint density at radius 1 is 1.46 bits per heavy atom. The highest BCUT2D eigenvalue weighted by molar-refractivity contribution is 7.27. The minimum absolute atomic E-state index is 0.398. The molecule has 1 aromatic carbocycles. The molecular weight excluding hydrogens is 202 g/mol. The summed E-state index contributed by atoms with van der Waals surface area (Å²) in [5, 5.41) is 4.63. The monoisotopic (exact) mass is 211 g/mol. The van der Waals surface area contributed by atoms with Crippen molar-refractivity contribution in [2.75, 3.05) is 6.17 Å². The highest BCUT2D eigenvalue weighted by Crippen LogP contribution is 2.09. The molecule has 0 saturated carbocycles. The van der Waals surface area contributed by atoms with Gasteiger partial charge < -0.3 is 0 Å². The molecule has 0 fully saturated rings. The normalized spacial score (nSPS) is 14.3. The van der Waals surface area contributed by atoms with Gasteiger partial charge in [0.25, 0.3) is 0 Å². The number of halogens is 1. The molecule has 1 rings (SSSR count). The standard InChI is InChI=1S/C8H10ClN3Si/c1-13(9,7-11-12-10)8-5-3-2-4-6-8/h2-6H,7H2,1H3. The zero-order chi connectivity index (χ0) is 9.73. The summed E-state index contributed by atoms with van der Waals surface area (Å²) in [7, 11) is -2.05. The molecule has 0 radical (unpaired) electrons. The van der Waals surface area contributed by atoms with Gasteiger partial charge in [-0.15, -0.1) is 0 Å². The van der Waals surface area contributed by atoms with Crippen LogP contribution in [0.3, 0.4) is 0 Å². The molecule has 13 heavy (non-hydrogen) atoms. The molecule has 5 heteroatoms. The van der Waals surface area contributed by atoms with E-state index in [1.807, 2.05) is 36.9 Å². The van der Waals surface area contributed by atoms with Gasteiger partial charge in [-0.2, -0.15) is 11.1 Å². The van der Waals surface area contributed by atoms with E-state index in [0.717, 1.165) is 5.19 Å². The number of hydrogen-bond donors (Lipinski definition) is 0. The SMILES string of the molecule is C[Si](Cl)(CN=[N+]=[N-])c1ccccc1. The highest BCUT2D eigenvalue weighted by atomic mass is 35.6. The van der Waals surface area contributed by atoms with Crippen LogP contribution < -0.4 is 5.19 Å². The van der Waals surface area contributed by atoms with E-state index in [1.165, 1.54) is 0 Å². The molecule has 0 aliphatic rings. The predicted molar refractivity (Wildman–Crippen MR) is 57.6 cm³/mol. The lowest BCUT2D eigenvalue weighted by Gasteiger charge is -2.16. The van der Waals surface area contributed by atoms with Gasteiger partial charge in [-0.3, -0.25) is 0 Å². The number of azide groups is 1. The molecule has 0 aliphatic carbocycles. The predicted octanol–water partition coefficient (Wildman–Crippen LogP) is 2.56. The molecule has 0 aliphatic heterocycles. The second-order valence-corrected chi connectivity index (χ2v) is 8.74. The summed E-state index contributed by atoms with van der Waals surface area (Å²) < 4.78 is 0. The summed E-state index contributed by atoms with van der Waals surface area (Å²) in [6, 6.07) is 9.79. The Labute approximate surface area is 82.7 Å². The molecule has 0 heterocycles. The molecule has 3 nitrogen and oxygen atoms in total. The number of rotatable bonds is 3.